The minimum atomic E-state index is 1.12. The van der Waals surface area contributed by atoms with E-state index in [-0.39, 0.29) is 0 Å². The molecule has 0 amide bonds. The predicted molar refractivity (Wildman–Crippen MR) is 62.4 cm³/mol. The van der Waals surface area contributed by atoms with Gasteiger partial charge in [0.25, 0.3) is 0 Å². The molecule has 0 unspecified atom stereocenters. The van der Waals surface area contributed by atoms with Crippen LogP contribution in [0.5, 0.6) is 0 Å². The molecule has 2 aliphatic rings. The van der Waals surface area contributed by atoms with Gasteiger partial charge in [0.2, 0.25) is 0 Å². The highest BCUT2D eigenvalue weighted by atomic mass is 14.3. The molecule has 14 heavy (non-hydrogen) atoms. The van der Waals surface area contributed by atoms with Gasteiger partial charge < -0.3 is 0 Å². The van der Waals surface area contributed by atoms with E-state index in [1.54, 1.807) is 25.7 Å². The fraction of sp³-hybridized carbons (Fsp3) is 1.00. The van der Waals surface area contributed by atoms with Gasteiger partial charge in [-0.2, -0.15) is 0 Å². The van der Waals surface area contributed by atoms with Crippen molar-refractivity contribution in [3.05, 3.63) is 0 Å². The second-order valence-corrected chi connectivity index (χ2v) is 5.50. The molecule has 2 saturated carbocycles. The van der Waals surface area contributed by atoms with E-state index in [9.17, 15) is 0 Å². The molecule has 0 heterocycles. The van der Waals surface area contributed by atoms with Crippen LogP contribution in [0.3, 0.4) is 0 Å². The van der Waals surface area contributed by atoms with Gasteiger partial charge in [0.05, 0.1) is 0 Å². The molecular weight excluding hydrogens is 168 g/mol. The summed E-state index contributed by atoms with van der Waals surface area (Å²) in [5, 5.41) is 0. The van der Waals surface area contributed by atoms with Gasteiger partial charge in [-0.3, -0.25) is 0 Å². The zero-order valence-electron chi connectivity index (χ0n) is 9.64. The van der Waals surface area contributed by atoms with Crippen molar-refractivity contribution < 1.29 is 0 Å². The molecule has 0 radical (unpaired) electrons. The second-order valence-electron chi connectivity index (χ2n) is 5.50. The molecule has 0 saturated heterocycles. The summed E-state index contributed by atoms with van der Waals surface area (Å²) >= 11 is 0. The van der Waals surface area contributed by atoms with Crippen LogP contribution in [0, 0.1) is 11.8 Å². The standard InChI is InChI=1S/C14H26/c1-2-4-6-10-13(9-5-3-1)14-11-7-8-12-14/h13-14H,1-12H2. The SMILES string of the molecule is C1CCCCC(C2CCCC2)CCC1. The van der Waals surface area contributed by atoms with Crippen LogP contribution in [0.1, 0.15) is 77.0 Å². The van der Waals surface area contributed by atoms with Crippen LogP contribution in [0.4, 0.5) is 0 Å². The van der Waals surface area contributed by atoms with Gasteiger partial charge >= 0.3 is 0 Å². The molecule has 0 spiro atoms. The van der Waals surface area contributed by atoms with Gasteiger partial charge in [0, 0.05) is 0 Å². The molecular formula is C14H26. The van der Waals surface area contributed by atoms with E-state index in [1.807, 2.05) is 0 Å². The molecule has 0 bridgehead atoms. The molecule has 0 N–H and O–H groups in total. The first-order valence-electron chi connectivity index (χ1n) is 6.97. The maximum absolute atomic E-state index is 1.56. The molecule has 82 valence electrons. The molecule has 0 nitrogen and oxygen atoms in total. The summed E-state index contributed by atoms with van der Waals surface area (Å²) in [5.41, 5.74) is 0. The molecule has 0 aromatic heterocycles. The van der Waals surface area contributed by atoms with E-state index in [1.165, 1.54) is 51.4 Å². The Morgan fingerprint density at radius 1 is 0.357 bits per heavy atom. The van der Waals surface area contributed by atoms with Crippen LogP contribution in [0.2, 0.25) is 0 Å². The van der Waals surface area contributed by atoms with Gasteiger partial charge in [-0.25, -0.2) is 0 Å². The van der Waals surface area contributed by atoms with Gasteiger partial charge in [-0.05, 0) is 11.8 Å². The Labute approximate surface area is 89.5 Å². The van der Waals surface area contributed by atoms with E-state index < -0.39 is 0 Å². The molecule has 2 rings (SSSR count). The average Bonchev–Trinajstić information content (AvgIpc) is 2.75. The Morgan fingerprint density at radius 2 is 0.643 bits per heavy atom. The fourth-order valence-corrected chi connectivity index (χ4v) is 3.56. The van der Waals surface area contributed by atoms with E-state index in [0.717, 1.165) is 11.8 Å². The number of rotatable bonds is 1. The molecule has 2 aliphatic carbocycles. The lowest BCUT2D eigenvalue weighted by Gasteiger charge is -2.22. The lowest BCUT2D eigenvalue weighted by atomic mass is 9.83. The third kappa shape index (κ3) is 3.00. The van der Waals surface area contributed by atoms with Gasteiger partial charge in [0.15, 0.2) is 0 Å². The van der Waals surface area contributed by atoms with Crippen molar-refractivity contribution in [1.29, 1.82) is 0 Å². The van der Waals surface area contributed by atoms with E-state index in [2.05, 4.69) is 0 Å². The van der Waals surface area contributed by atoms with Gasteiger partial charge in [-0.15, -0.1) is 0 Å². The summed E-state index contributed by atoms with van der Waals surface area (Å²) in [7, 11) is 0. The summed E-state index contributed by atoms with van der Waals surface area (Å²) < 4.78 is 0. The molecule has 0 aliphatic heterocycles. The summed E-state index contributed by atoms with van der Waals surface area (Å²) in [6, 6.07) is 0. The van der Waals surface area contributed by atoms with Crippen molar-refractivity contribution in [2.24, 2.45) is 11.8 Å². The van der Waals surface area contributed by atoms with Crippen molar-refractivity contribution in [2.75, 3.05) is 0 Å². The lowest BCUT2D eigenvalue weighted by Crippen LogP contribution is -2.11. The van der Waals surface area contributed by atoms with Crippen LogP contribution < -0.4 is 0 Å². The summed E-state index contributed by atoms with van der Waals surface area (Å²) in [6.45, 7) is 0. The third-order valence-electron chi connectivity index (χ3n) is 4.47. The largest absolute Gasteiger partial charge is 0.0533 e. The maximum atomic E-state index is 1.56. The normalized spacial score (nSPS) is 28.3. The Balaban J connectivity index is 1.80. The minimum Gasteiger partial charge on any atom is -0.0533 e. The monoisotopic (exact) mass is 194 g/mol. The molecule has 0 atom stereocenters. The van der Waals surface area contributed by atoms with Crippen LogP contribution in [0.25, 0.3) is 0 Å². The molecule has 0 aromatic rings. The molecule has 0 heteroatoms. The van der Waals surface area contributed by atoms with E-state index in [4.69, 9.17) is 0 Å². The Morgan fingerprint density at radius 3 is 1.07 bits per heavy atom. The van der Waals surface area contributed by atoms with Crippen molar-refractivity contribution in [2.45, 2.75) is 77.0 Å². The lowest BCUT2D eigenvalue weighted by molar-refractivity contribution is 0.289. The number of hydrogen-bond acceptors (Lipinski definition) is 0. The van der Waals surface area contributed by atoms with Gasteiger partial charge in [-0.1, -0.05) is 77.0 Å². The Kier molecular flexibility index (Phi) is 4.34. The van der Waals surface area contributed by atoms with Crippen molar-refractivity contribution >= 4 is 0 Å². The third-order valence-corrected chi connectivity index (χ3v) is 4.47. The van der Waals surface area contributed by atoms with Crippen LogP contribution in [-0.2, 0) is 0 Å². The Hall–Kier alpha value is 0. The highest BCUT2D eigenvalue weighted by molar-refractivity contribution is 4.76. The summed E-state index contributed by atoms with van der Waals surface area (Å²) in [6.07, 6.45) is 18.4. The maximum Gasteiger partial charge on any atom is -0.0386 e. The van der Waals surface area contributed by atoms with Crippen molar-refractivity contribution in [3.8, 4) is 0 Å². The zero-order chi connectivity index (χ0) is 9.64. The first kappa shape index (κ1) is 10.5. The van der Waals surface area contributed by atoms with E-state index in [0.29, 0.717) is 0 Å². The smallest absolute Gasteiger partial charge is 0.0386 e. The second kappa shape index (κ2) is 5.78. The predicted octanol–water partition coefficient (Wildman–Crippen LogP) is 4.93. The van der Waals surface area contributed by atoms with Crippen LogP contribution in [-0.4, -0.2) is 0 Å². The van der Waals surface area contributed by atoms with Crippen LogP contribution in [0.15, 0.2) is 0 Å². The van der Waals surface area contributed by atoms with Crippen LogP contribution >= 0.6 is 0 Å². The minimum absolute atomic E-state index is 1.12. The zero-order valence-corrected chi connectivity index (χ0v) is 9.64. The van der Waals surface area contributed by atoms with Crippen molar-refractivity contribution in [3.63, 3.8) is 0 Å². The quantitative estimate of drug-likeness (QED) is 0.555. The van der Waals surface area contributed by atoms with Crippen molar-refractivity contribution in [1.82, 2.24) is 0 Å². The van der Waals surface area contributed by atoms with E-state index >= 15 is 0 Å². The first-order valence-corrected chi connectivity index (χ1v) is 6.97. The topological polar surface area (TPSA) is 0 Å². The molecule has 0 aromatic carbocycles. The average molecular weight is 194 g/mol. The summed E-state index contributed by atoms with van der Waals surface area (Å²) in [5.74, 6) is 2.25. The highest BCUT2D eigenvalue weighted by Crippen LogP contribution is 2.37. The van der Waals surface area contributed by atoms with Gasteiger partial charge in [0.1, 0.15) is 0 Å². The highest BCUT2D eigenvalue weighted by Gasteiger charge is 2.24. The Bertz CT molecular complexity index is 134. The first-order chi connectivity index (χ1) is 6.97. The summed E-state index contributed by atoms with van der Waals surface area (Å²) in [4.78, 5) is 0. The number of hydrogen-bond donors (Lipinski definition) is 0. The molecule has 2 fully saturated rings. The fourth-order valence-electron chi connectivity index (χ4n) is 3.56.